The lowest BCUT2D eigenvalue weighted by Gasteiger charge is -2.22. The molecule has 0 spiro atoms. The van der Waals surface area contributed by atoms with Gasteiger partial charge in [-0.15, -0.1) is 0 Å². The summed E-state index contributed by atoms with van der Waals surface area (Å²) in [6.07, 6.45) is 4.67. The highest BCUT2D eigenvalue weighted by Gasteiger charge is 2.39. The van der Waals surface area contributed by atoms with E-state index in [1.807, 2.05) is 0 Å². The van der Waals surface area contributed by atoms with E-state index in [2.05, 4.69) is 26.0 Å². The molecule has 0 bridgehead atoms. The maximum Gasteiger partial charge on any atom is 0.202 e. The average molecular weight is 244 g/mol. The number of rotatable bonds is 2. The van der Waals surface area contributed by atoms with Crippen LogP contribution in [0.3, 0.4) is 0 Å². The number of aromatic nitrogens is 1. The van der Waals surface area contributed by atoms with Crippen molar-refractivity contribution in [1.29, 1.82) is 0 Å². The summed E-state index contributed by atoms with van der Waals surface area (Å²) in [5.74, 6) is 0.853. The van der Waals surface area contributed by atoms with Crippen molar-refractivity contribution in [1.82, 2.24) is 4.98 Å². The second-order valence-corrected chi connectivity index (χ2v) is 5.64. The second kappa shape index (κ2) is 4.09. The summed E-state index contributed by atoms with van der Waals surface area (Å²) in [5.41, 5.74) is 10.3. The van der Waals surface area contributed by atoms with Crippen molar-refractivity contribution in [3.63, 3.8) is 0 Å². The molecule has 0 amide bonds. The third-order valence-electron chi connectivity index (χ3n) is 4.23. The van der Waals surface area contributed by atoms with Gasteiger partial charge in [-0.1, -0.05) is 18.9 Å². The number of hydrogen-bond acceptors (Lipinski definition) is 3. The van der Waals surface area contributed by atoms with Gasteiger partial charge in [0.1, 0.15) is 5.52 Å². The monoisotopic (exact) mass is 244 g/mol. The van der Waals surface area contributed by atoms with Gasteiger partial charge in [0.05, 0.1) is 5.41 Å². The van der Waals surface area contributed by atoms with Crippen LogP contribution in [0.4, 0.5) is 0 Å². The smallest absolute Gasteiger partial charge is 0.202 e. The molecule has 1 saturated carbocycles. The molecule has 18 heavy (non-hydrogen) atoms. The quantitative estimate of drug-likeness (QED) is 0.882. The molecule has 3 heteroatoms. The van der Waals surface area contributed by atoms with Gasteiger partial charge >= 0.3 is 0 Å². The maximum absolute atomic E-state index is 6.04. The molecule has 1 aromatic carbocycles. The highest BCUT2D eigenvalue weighted by Crippen LogP contribution is 2.41. The van der Waals surface area contributed by atoms with Gasteiger partial charge in [0.25, 0.3) is 0 Å². The Morgan fingerprint density at radius 2 is 2.00 bits per heavy atom. The van der Waals surface area contributed by atoms with Gasteiger partial charge < -0.3 is 10.2 Å². The zero-order valence-corrected chi connectivity index (χ0v) is 11.1. The first kappa shape index (κ1) is 11.7. The van der Waals surface area contributed by atoms with Crippen LogP contribution in [0, 0.1) is 13.8 Å². The summed E-state index contributed by atoms with van der Waals surface area (Å²) < 4.78 is 6.04. The van der Waals surface area contributed by atoms with Crippen molar-refractivity contribution in [3.05, 3.63) is 29.2 Å². The van der Waals surface area contributed by atoms with Crippen molar-refractivity contribution in [2.24, 2.45) is 5.73 Å². The van der Waals surface area contributed by atoms with E-state index in [1.54, 1.807) is 0 Å². The summed E-state index contributed by atoms with van der Waals surface area (Å²) in [5, 5.41) is 0. The first-order valence-electron chi connectivity index (χ1n) is 6.73. The number of fused-ring (bicyclic) bond motifs is 1. The standard InChI is InChI=1S/C15H20N2O/c1-10-7-11(2)13-12(8-10)17-14(18-13)15(9-16)5-3-4-6-15/h7-8H,3-6,9,16H2,1-2H3. The summed E-state index contributed by atoms with van der Waals surface area (Å²) in [6.45, 7) is 4.81. The lowest BCUT2D eigenvalue weighted by molar-refractivity contribution is 0.343. The Morgan fingerprint density at radius 1 is 1.28 bits per heavy atom. The summed E-state index contributed by atoms with van der Waals surface area (Å²) >= 11 is 0. The zero-order chi connectivity index (χ0) is 12.8. The molecule has 0 radical (unpaired) electrons. The van der Waals surface area contributed by atoms with E-state index in [1.165, 1.54) is 18.4 Å². The average Bonchev–Trinajstić information content (AvgIpc) is 2.94. The van der Waals surface area contributed by atoms with Crippen LogP contribution in [-0.4, -0.2) is 11.5 Å². The van der Waals surface area contributed by atoms with E-state index in [0.29, 0.717) is 6.54 Å². The fourth-order valence-electron chi connectivity index (χ4n) is 3.16. The van der Waals surface area contributed by atoms with Crippen molar-refractivity contribution in [3.8, 4) is 0 Å². The molecule has 1 heterocycles. The van der Waals surface area contributed by atoms with Crippen LogP contribution in [0.2, 0.25) is 0 Å². The zero-order valence-electron chi connectivity index (χ0n) is 11.1. The Hall–Kier alpha value is -1.35. The highest BCUT2D eigenvalue weighted by molar-refractivity contribution is 5.77. The van der Waals surface area contributed by atoms with Crippen molar-refractivity contribution in [2.45, 2.75) is 44.9 Å². The van der Waals surface area contributed by atoms with Gasteiger partial charge in [-0.3, -0.25) is 0 Å². The molecule has 3 nitrogen and oxygen atoms in total. The number of oxazole rings is 1. The molecule has 0 saturated heterocycles. The first-order chi connectivity index (χ1) is 8.64. The lowest BCUT2D eigenvalue weighted by atomic mass is 9.86. The largest absolute Gasteiger partial charge is 0.440 e. The molecular weight excluding hydrogens is 224 g/mol. The second-order valence-electron chi connectivity index (χ2n) is 5.64. The summed E-state index contributed by atoms with van der Waals surface area (Å²) in [7, 11) is 0. The van der Waals surface area contributed by atoms with E-state index >= 15 is 0 Å². The molecule has 0 aliphatic heterocycles. The third-order valence-corrected chi connectivity index (χ3v) is 4.23. The Bertz CT molecular complexity index is 579. The van der Waals surface area contributed by atoms with Crippen molar-refractivity contribution >= 4 is 11.1 Å². The van der Waals surface area contributed by atoms with Crippen molar-refractivity contribution < 1.29 is 4.42 Å². The molecule has 3 rings (SSSR count). The van der Waals surface area contributed by atoms with Crippen molar-refractivity contribution in [2.75, 3.05) is 6.54 Å². The van der Waals surface area contributed by atoms with Crippen LogP contribution in [0.25, 0.3) is 11.1 Å². The molecule has 2 aromatic rings. The number of benzene rings is 1. The van der Waals surface area contributed by atoms with E-state index in [0.717, 1.165) is 35.4 Å². The topological polar surface area (TPSA) is 52.0 Å². The van der Waals surface area contributed by atoms with E-state index in [9.17, 15) is 0 Å². The van der Waals surface area contributed by atoms with Gasteiger partial charge in [0.2, 0.25) is 5.89 Å². The van der Waals surface area contributed by atoms with Gasteiger partial charge in [-0.25, -0.2) is 4.98 Å². The van der Waals surface area contributed by atoms with Crippen LogP contribution >= 0.6 is 0 Å². The van der Waals surface area contributed by atoms with Crippen LogP contribution < -0.4 is 5.73 Å². The SMILES string of the molecule is Cc1cc(C)c2oc(C3(CN)CCCC3)nc2c1. The maximum atomic E-state index is 6.04. The minimum absolute atomic E-state index is 0.0145. The van der Waals surface area contributed by atoms with Crippen LogP contribution in [-0.2, 0) is 5.41 Å². The van der Waals surface area contributed by atoms with E-state index in [-0.39, 0.29) is 5.41 Å². The molecule has 0 unspecified atom stereocenters. The molecule has 1 aliphatic carbocycles. The summed E-state index contributed by atoms with van der Waals surface area (Å²) in [6, 6.07) is 4.23. The molecule has 0 atom stereocenters. The number of aryl methyl sites for hydroxylation is 2. The van der Waals surface area contributed by atoms with Crippen LogP contribution in [0.15, 0.2) is 16.5 Å². The lowest BCUT2D eigenvalue weighted by Crippen LogP contribution is -2.32. The Morgan fingerprint density at radius 3 is 2.67 bits per heavy atom. The predicted octanol–water partition coefficient (Wildman–Crippen LogP) is 3.22. The first-order valence-corrected chi connectivity index (χ1v) is 6.73. The molecular formula is C15H20N2O. The van der Waals surface area contributed by atoms with Crippen LogP contribution in [0.1, 0.15) is 42.7 Å². The van der Waals surface area contributed by atoms with Crippen LogP contribution in [0.5, 0.6) is 0 Å². The van der Waals surface area contributed by atoms with E-state index < -0.39 is 0 Å². The molecule has 1 aromatic heterocycles. The molecule has 96 valence electrons. The number of nitrogens with zero attached hydrogens (tertiary/aromatic N) is 1. The summed E-state index contributed by atoms with van der Waals surface area (Å²) in [4.78, 5) is 4.71. The fourth-order valence-corrected chi connectivity index (χ4v) is 3.16. The Kier molecular flexibility index (Phi) is 2.67. The highest BCUT2D eigenvalue weighted by atomic mass is 16.3. The number of nitrogens with two attached hydrogens (primary N) is 1. The number of hydrogen-bond donors (Lipinski definition) is 1. The predicted molar refractivity (Wildman–Crippen MR) is 72.7 cm³/mol. The molecule has 2 N–H and O–H groups in total. The Balaban J connectivity index is 2.16. The fraction of sp³-hybridized carbons (Fsp3) is 0.533. The van der Waals surface area contributed by atoms with Gasteiger partial charge in [-0.05, 0) is 43.9 Å². The molecule has 1 aliphatic rings. The van der Waals surface area contributed by atoms with E-state index in [4.69, 9.17) is 15.1 Å². The van der Waals surface area contributed by atoms with Gasteiger partial charge in [0, 0.05) is 6.54 Å². The minimum Gasteiger partial charge on any atom is -0.440 e. The Labute approximate surface area is 107 Å². The third kappa shape index (κ3) is 1.65. The minimum atomic E-state index is -0.0145. The molecule has 1 fully saturated rings. The normalized spacial score (nSPS) is 18.6. The van der Waals surface area contributed by atoms with Gasteiger partial charge in [-0.2, -0.15) is 0 Å². The van der Waals surface area contributed by atoms with Gasteiger partial charge in [0.15, 0.2) is 5.58 Å².